The minimum absolute atomic E-state index is 0.134. The summed E-state index contributed by atoms with van der Waals surface area (Å²) in [6.45, 7) is 0. The first-order valence-corrected chi connectivity index (χ1v) is 5.84. The monoisotopic (exact) mass is 228 g/mol. The second-order valence-electron chi connectivity index (χ2n) is 4.11. The van der Waals surface area contributed by atoms with Crippen LogP contribution in [-0.2, 0) is 16.0 Å². The third kappa shape index (κ3) is 3.06. The van der Waals surface area contributed by atoms with E-state index >= 15 is 0 Å². The minimum atomic E-state index is -0.134. The molecule has 0 aromatic heterocycles. The van der Waals surface area contributed by atoms with Gasteiger partial charge in [-0.25, -0.2) is 0 Å². The van der Waals surface area contributed by atoms with Crippen molar-refractivity contribution in [2.24, 2.45) is 0 Å². The molecule has 2 aromatic rings. The Morgan fingerprint density at radius 2 is 1.88 bits per heavy atom. The van der Waals surface area contributed by atoms with E-state index in [0.29, 0.717) is 6.42 Å². The molecule has 0 bridgehead atoms. The number of fused-ring (bicyclic) bond motifs is 1. The number of ether oxygens (including phenoxy) is 1. The fourth-order valence-electron chi connectivity index (χ4n) is 1.93. The zero-order valence-corrected chi connectivity index (χ0v) is 9.98. The van der Waals surface area contributed by atoms with Crippen molar-refractivity contribution in [3.63, 3.8) is 0 Å². The Hall–Kier alpha value is -1.83. The molecule has 0 atom stereocenters. The van der Waals surface area contributed by atoms with E-state index in [1.807, 2.05) is 12.1 Å². The lowest BCUT2D eigenvalue weighted by Gasteiger charge is -2.03. The zero-order chi connectivity index (χ0) is 12.1. The van der Waals surface area contributed by atoms with E-state index < -0.39 is 0 Å². The van der Waals surface area contributed by atoms with Crippen molar-refractivity contribution in [1.82, 2.24) is 0 Å². The van der Waals surface area contributed by atoms with Crippen LogP contribution in [0.4, 0.5) is 0 Å². The van der Waals surface area contributed by atoms with Crippen LogP contribution in [0.25, 0.3) is 10.8 Å². The number of aryl methyl sites for hydroxylation is 1. The molecular weight excluding hydrogens is 212 g/mol. The van der Waals surface area contributed by atoms with Crippen molar-refractivity contribution in [2.45, 2.75) is 19.3 Å². The zero-order valence-electron chi connectivity index (χ0n) is 9.98. The molecule has 2 heteroatoms. The third-order valence-corrected chi connectivity index (χ3v) is 2.89. The third-order valence-electron chi connectivity index (χ3n) is 2.89. The van der Waals surface area contributed by atoms with Gasteiger partial charge in [-0.15, -0.1) is 0 Å². The number of esters is 1. The Morgan fingerprint density at radius 1 is 1.12 bits per heavy atom. The first-order valence-electron chi connectivity index (χ1n) is 5.84. The summed E-state index contributed by atoms with van der Waals surface area (Å²) in [5.74, 6) is -0.134. The summed E-state index contributed by atoms with van der Waals surface area (Å²) in [5, 5.41) is 2.51. The summed E-state index contributed by atoms with van der Waals surface area (Å²) in [5.41, 5.74) is 1.27. The largest absolute Gasteiger partial charge is 0.469 e. The Labute approximate surface area is 101 Å². The summed E-state index contributed by atoms with van der Waals surface area (Å²) in [6.07, 6.45) is 2.24. The maximum atomic E-state index is 11.0. The van der Waals surface area contributed by atoms with Gasteiger partial charge < -0.3 is 4.74 Å². The predicted octanol–water partition coefficient (Wildman–Crippen LogP) is 3.34. The second-order valence-corrected chi connectivity index (χ2v) is 4.11. The number of benzene rings is 2. The van der Waals surface area contributed by atoms with Crippen molar-refractivity contribution in [3.05, 3.63) is 48.0 Å². The molecule has 0 heterocycles. The van der Waals surface area contributed by atoms with E-state index in [4.69, 9.17) is 0 Å². The maximum absolute atomic E-state index is 11.0. The van der Waals surface area contributed by atoms with Crippen LogP contribution < -0.4 is 0 Å². The average Bonchev–Trinajstić information content (AvgIpc) is 2.38. The van der Waals surface area contributed by atoms with E-state index in [1.165, 1.54) is 23.4 Å². The molecule has 2 aromatic carbocycles. The highest BCUT2D eigenvalue weighted by Crippen LogP contribution is 2.16. The Kier molecular flexibility index (Phi) is 3.76. The van der Waals surface area contributed by atoms with Gasteiger partial charge in [-0.05, 0) is 29.2 Å². The number of carbonyl (C=O) groups excluding carboxylic acids is 1. The molecule has 0 spiro atoms. The SMILES string of the molecule is COC(=O)CCCc1ccc2ccccc2c1. The molecule has 17 heavy (non-hydrogen) atoms. The van der Waals surface area contributed by atoms with E-state index in [1.54, 1.807) is 0 Å². The van der Waals surface area contributed by atoms with Crippen molar-refractivity contribution < 1.29 is 9.53 Å². The summed E-state index contributed by atoms with van der Waals surface area (Å²) >= 11 is 0. The molecule has 0 aliphatic rings. The van der Waals surface area contributed by atoms with Gasteiger partial charge >= 0.3 is 5.97 Å². The van der Waals surface area contributed by atoms with Gasteiger partial charge in [0.25, 0.3) is 0 Å². The standard InChI is InChI=1S/C15H16O2/c1-17-15(16)8-4-5-12-9-10-13-6-2-3-7-14(13)11-12/h2-3,6-7,9-11H,4-5,8H2,1H3. The molecule has 0 unspecified atom stereocenters. The molecule has 0 saturated heterocycles. The van der Waals surface area contributed by atoms with Gasteiger partial charge in [0, 0.05) is 6.42 Å². The Balaban J connectivity index is 2.02. The highest BCUT2D eigenvalue weighted by atomic mass is 16.5. The molecule has 2 nitrogen and oxygen atoms in total. The van der Waals surface area contributed by atoms with Gasteiger partial charge in [0.05, 0.1) is 7.11 Å². The van der Waals surface area contributed by atoms with Crippen LogP contribution in [0, 0.1) is 0 Å². The number of hydrogen-bond acceptors (Lipinski definition) is 2. The van der Waals surface area contributed by atoms with Gasteiger partial charge in [-0.2, -0.15) is 0 Å². The second kappa shape index (κ2) is 5.48. The van der Waals surface area contributed by atoms with Gasteiger partial charge in [0.1, 0.15) is 0 Å². The average molecular weight is 228 g/mol. The van der Waals surface area contributed by atoms with Crippen molar-refractivity contribution in [1.29, 1.82) is 0 Å². The number of rotatable bonds is 4. The van der Waals surface area contributed by atoms with Crippen molar-refractivity contribution in [2.75, 3.05) is 7.11 Å². The lowest BCUT2D eigenvalue weighted by Crippen LogP contribution is -2.00. The number of carbonyl (C=O) groups is 1. The van der Waals surface area contributed by atoms with Crippen LogP contribution in [0.5, 0.6) is 0 Å². The van der Waals surface area contributed by atoms with E-state index in [0.717, 1.165) is 12.8 Å². The van der Waals surface area contributed by atoms with Gasteiger partial charge in [-0.1, -0.05) is 42.5 Å². The quantitative estimate of drug-likeness (QED) is 0.750. The fraction of sp³-hybridized carbons (Fsp3) is 0.267. The topological polar surface area (TPSA) is 26.3 Å². The van der Waals surface area contributed by atoms with Crippen LogP contribution >= 0.6 is 0 Å². The van der Waals surface area contributed by atoms with Crippen LogP contribution in [0.2, 0.25) is 0 Å². The van der Waals surface area contributed by atoms with E-state index in [9.17, 15) is 4.79 Å². The predicted molar refractivity (Wildman–Crippen MR) is 68.9 cm³/mol. The minimum Gasteiger partial charge on any atom is -0.469 e. The van der Waals surface area contributed by atoms with Crippen LogP contribution in [0.1, 0.15) is 18.4 Å². The molecule has 0 aliphatic heterocycles. The normalized spacial score (nSPS) is 10.4. The lowest BCUT2D eigenvalue weighted by molar-refractivity contribution is -0.140. The highest BCUT2D eigenvalue weighted by molar-refractivity contribution is 5.83. The van der Waals surface area contributed by atoms with Gasteiger partial charge in [-0.3, -0.25) is 4.79 Å². The Morgan fingerprint density at radius 3 is 2.65 bits per heavy atom. The summed E-state index contributed by atoms with van der Waals surface area (Å²) in [4.78, 5) is 11.0. The molecule has 0 amide bonds. The van der Waals surface area contributed by atoms with Crippen molar-refractivity contribution in [3.8, 4) is 0 Å². The Bertz CT molecular complexity index is 517. The number of hydrogen-bond donors (Lipinski definition) is 0. The smallest absolute Gasteiger partial charge is 0.305 e. The molecule has 2 rings (SSSR count). The summed E-state index contributed by atoms with van der Waals surface area (Å²) < 4.78 is 4.62. The van der Waals surface area contributed by atoms with Gasteiger partial charge in [0.2, 0.25) is 0 Å². The molecule has 0 radical (unpaired) electrons. The van der Waals surface area contributed by atoms with E-state index in [-0.39, 0.29) is 5.97 Å². The number of methoxy groups -OCH3 is 1. The molecule has 0 saturated carbocycles. The lowest BCUT2D eigenvalue weighted by atomic mass is 10.0. The maximum Gasteiger partial charge on any atom is 0.305 e. The van der Waals surface area contributed by atoms with Crippen LogP contribution in [-0.4, -0.2) is 13.1 Å². The van der Waals surface area contributed by atoms with Crippen LogP contribution in [0.15, 0.2) is 42.5 Å². The molecule has 0 aliphatic carbocycles. The van der Waals surface area contributed by atoms with Crippen LogP contribution in [0.3, 0.4) is 0 Å². The van der Waals surface area contributed by atoms with Gasteiger partial charge in [0.15, 0.2) is 0 Å². The molecular formula is C15H16O2. The van der Waals surface area contributed by atoms with E-state index in [2.05, 4.69) is 35.1 Å². The molecule has 0 N–H and O–H groups in total. The molecule has 88 valence electrons. The first kappa shape index (κ1) is 11.6. The fourth-order valence-corrected chi connectivity index (χ4v) is 1.93. The first-order chi connectivity index (χ1) is 8.29. The van der Waals surface area contributed by atoms with Crippen molar-refractivity contribution >= 4 is 16.7 Å². The summed E-state index contributed by atoms with van der Waals surface area (Å²) in [6, 6.07) is 14.7. The summed E-state index contributed by atoms with van der Waals surface area (Å²) in [7, 11) is 1.43. The molecule has 0 fully saturated rings. The highest BCUT2D eigenvalue weighted by Gasteiger charge is 2.01.